The molecule has 0 aliphatic rings. The van der Waals surface area contributed by atoms with Crippen molar-refractivity contribution in [1.29, 1.82) is 0 Å². The van der Waals surface area contributed by atoms with Gasteiger partial charge in [-0.2, -0.15) is 4.68 Å². The van der Waals surface area contributed by atoms with E-state index in [1.807, 2.05) is 32.0 Å². The summed E-state index contributed by atoms with van der Waals surface area (Å²) in [7, 11) is 3.28. The summed E-state index contributed by atoms with van der Waals surface area (Å²) in [6, 6.07) is 5.85. The average Bonchev–Trinajstić information content (AvgIpc) is 3.25. The van der Waals surface area contributed by atoms with E-state index >= 15 is 0 Å². The number of nitrogens with zero attached hydrogens (tertiary/aromatic N) is 5. The molecule has 0 aliphatic heterocycles. The molecule has 9 nitrogen and oxygen atoms in total. The molecule has 0 atom stereocenters. The van der Waals surface area contributed by atoms with Crippen LogP contribution in [0, 0.1) is 13.8 Å². The zero-order valence-electron chi connectivity index (χ0n) is 15.3. The highest BCUT2D eigenvalue weighted by molar-refractivity contribution is 5.46. The molecule has 0 saturated carbocycles. The van der Waals surface area contributed by atoms with Gasteiger partial charge in [-0.1, -0.05) is 17.3 Å². The molecule has 0 bridgehead atoms. The standard InChI is InChI=1S/C17H22N6O3/c1-11-12(2)20-26-17(11)23-15(19-21-22-23)10-18-9-8-13-6-5-7-14(24-3)16(13)25-4/h5-7,18H,8-10H2,1-4H3. The van der Waals surface area contributed by atoms with Crippen LogP contribution in [0.1, 0.15) is 22.6 Å². The van der Waals surface area contributed by atoms with Crippen LogP contribution in [0.2, 0.25) is 0 Å². The second-order valence-electron chi connectivity index (χ2n) is 5.78. The number of methoxy groups -OCH3 is 2. The van der Waals surface area contributed by atoms with Crippen molar-refractivity contribution in [3.63, 3.8) is 0 Å². The molecule has 2 aromatic heterocycles. The Labute approximate surface area is 151 Å². The Morgan fingerprint density at radius 1 is 1.19 bits per heavy atom. The molecular formula is C17H22N6O3. The van der Waals surface area contributed by atoms with E-state index in [2.05, 4.69) is 26.0 Å². The maximum Gasteiger partial charge on any atom is 0.257 e. The number of hydrogen-bond donors (Lipinski definition) is 1. The van der Waals surface area contributed by atoms with Gasteiger partial charge in [-0.05, 0) is 48.9 Å². The Kier molecular flexibility index (Phi) is 5.47. The highest BCUT2D eigenvalue weighted by atomic mass is 16.5. The van der Waals surface area contributed by atoms with Crippen molar-refractivity contribution in [3.05, 3.63) is 40.8 Å². The van der Waals surface area contributed by atoms with Gasteiger partial charge in [0.05, 0.1) is 26.5 Å². The number of ether oxygens (including phenoxy) is 2. The summed E-state index contributed by atoms with van der Waals surface area (Å²) in [6.45, 7) is 5.03. The van der Waals surface area contributed by atoms with Crippen LogP contribution in [0.4, 0.5) is 0 Å². The highest BCUT2D eigenvalue weighted by Gasteiger charge is 2.16. The molecule has 138 valence electrons. The summed E-state index contributed by atoms with van der Waals surface area (Å²) >= 11 is 0. The van der Waals surface area contributed by atoms with Gasteiger partial charge < -0.3 is 19.3 Å². The van der Waals surface area contributed by atoms with Crippen molar-refractivity contribution in [2.75, 3.05) is 20.8 Å². The van der Waals surface area contributed by atoms with Crippen LogP contribution in [-0.4, -0.2) is 46.1 Å². The molecule has 0 spiro atoms. The lowest BCUT2D eigenvalue weighted by atomic mass is 10.1. The van der Waals surface area contributed by atoms with Crippen molar-refractivity contribution < 1.29 is 14.0 Å². The molecule has 0 unspecified atom stereocenters. The van der Waals surface area contributed by atoms with Crippen molar-refractivity contribution in [1.82, 2.24) is 30.7 Å². The van der Waals surface area contributed by atoms with Gasteiger partial charge in [-0.15, -0.1) is 5.10 Å². The molecule has 3 aromatic rings. The minimum absolute atomic E-state index is 0.498. The first-order valence-electron chi connectivity index (χ1n) is 8.26. The average molecular weight is 358 g/mol. The van der Waals surface area contributed by atoms with Crippen LogP contribution in [0.5, 0.6) is 11.5 Å². The van der Waals surface area contributed by atoms with E-state index in [-0.39, 0.29) is 0 Å². The van der Waals surface area contributed by atoms with Crippen LogP contribution in [-0.2, 0) is 13.0 Å². The zero-order valence-corrected chi connectivity index (χ0v) is 15.3. The first kappa shape index (κ1) is 17.9. The van der Waals surface area contributed by atoms with Crippen LogP contribution >= 0.6 is 0 Å². The predicted octanol–water partition coefficient (Wildman–Crippen LogP) is 1.62. The van der Waals surface area contributed by atoms with E-state index in [9.17, 15) is 0 Å². The van der Waals surface area contributed by atoms with E-state index in [0.717, 1.165) is 41.3 Å². The number of para-hydroxylation sites is 1. The smallest absolute Gasteiger partial charge is 0.257 e. The number of benzene rings is 1. The second kappa shape index (κ2) is 7.96. The molecule has 9 heteroatoms. The molecule has 0 fully saturated rings. The van der Waals surface area contributed by atoms with Crippen LogP contribution < -0.4 is 14.8 Å². The normalized spacial score (nSPS) is 10.9. The topological polar surface area (TPSA) is 100 Å². The molecular weight excluding hydrogens is 336 g/mol. The summed E-state index contributed by atoms with van der Waals surface area (Å²) in [5, 5.41) is 19.1. The Morgan fingerprint density at radius 3 is 2.73 bits per heavy atom. The number of rotatable bonds is 8. The number of nitrogens with one attached hydrogen (secondary N) is 1. The monoisotopic (exact) mass is 358 g/mol. The van der Waals surface area contributed by atoms with Crippen molar-refractivity contribution in [3.8, 4) is 17.4 Å². The summed E-state index contributed by atoms with van der Waals surface area (Å²) in [6.07, 6.45) is 0.780. The minimum atomic E-state index is 0.498. The molecule has 1 N–H and O–H groups in total. The Hall–Kier alpha value is -2.94. The predicted molar refractivity (Wildman–Crippen MR) is 93.6 cm³/mol. The van der Waals surface area contributed by atoms with Gasteiger partial charge in [-0.3, -0.25) is 0 Å². The first-order chi connectivity index (χ1) is 12.7. The lowest BCUT2D eigenvalue weighted by Gasteiger charge is -2.12. The van der Waals surface area contributed by atoms with E-state index in [0.29, 0.717) is 18.3 Å². The molecule has 26 heavy (non-hydrogen) atoms. The van der Waals surface area contributed by atoms with Gasteiger partial charge in [0.15, 0.2) is 17.3 Å². The fraction of sp³-hybridized carbons (Fsp3) is 0.412. The van der Waals surface area contributed by atoms with Gasteiger partial charge in [-0.25, -0.2) is 0 Å². The third-order valence-electron chi connectivity index (χ3n) is 4.20. The molecule has 0 aliphatic carbocycles. The molecule has 2 heterocycles. The molecule has 0 amide bonds. The van der Waals surface area contributed by atoms with E-state index in [1.54, 1.807) is 18.9 Å². The fourth-order valence-electron chi connectivity index (χ4n) is 2.65. The minimum Gasteiger partial charge on any atom is -0.493 e. The summed E-state index contributed by atoms with van der Waals surface area (Å²) < 4.78 is 17.7. The maximum absolute atomic E-state index is 5.45. The molecule has 1 aromatic carbocycles. The van der Waals surface area contributed by atoms with Crippen molar-refractivity contribution in [2.45, 2.75) is 26.8 Å². The lowest BCUT2D eigenvalue weighted by molar-refractivity contribution is 0.351. The Bertz CT molecular complexity index is 873. The van der Waals surface area contributed by atoms with Gasteiger partial charge in [0.25, 0.3) is 5.88 Å². The first-order valence-corrected chi connectivity index (χ1v) is 8.26. The van der Waals surface area contributed by atoms with Crippen LogP contribution in [0.3, 0.4) is 0 Å². The summed E-state index contributed by atoms with van der Waals surface area (Å²) in [5.41, 5.74) is 2.81. The zero-order chi connectivity index (χ0) is 18.5. The van der Waals surface area contributed by atoms with E-state index in [1.165, 1.54) is 0 Å². The Balaban J connectivity index is 1.62. The summed E-state index contributed by atoms with van der Waals surface area (Å²) in [4.78, 5) is 0. The number of tetrazole rings is 1. The van der Waals surface area contributed by atoms with Crippen molar-refractivity contribution in [2.24, 2.45) is 0 Å². The summed E-state index contributed by atoms with van der Waals surface area (Å²) in [5.74, 6) is 2.68. The number of aryl methyl sites for hydroxylation is 1. The number of hydrogen-bond acceptors (Lipinski definition) is 8. The number of aromatic nitrogens is 5. The van der Waals surface area contributed by atoms with E-state index in [4.69, 9.17) is 14.0 Å². The fourth-order valence-corrected chi connectivity index (χ4v) is 2.65. The highest BCUT2D eigenvalue weighted by Crippen LogP contribution is 2.30. The molecule has 3 rings (SSSR count). The third kappa shape index (κ3) is 3.52. The molecule has 0 radical (unpaired) electrons. The SMILES string of the molecule is COc1cccc(CCNCc2nnnn2-c2onc(C)c2C)c1OC. The van der Waals surface area contributed by atoms with Crippen molar-refractivity contribution >= 4 is 0 Å². The largest absolute Gasteiger partial charge is 0.493 e. The second-order valence-corrected chi connectivity index (χ2v) is 5.78. The maximum atomic E-state index is 5.45. The van der Waals surface area contributed by atoms with Gasteiger partial charge in [0.1, 0.15) is 0 Å². The van der Waals surface area contributed by atoms with Crippen LogP contribution in [0.15, 0.2) is 22.7 Å². The van der Waals surface area contributed by atoms with Gasteiger partial charge in [0.2, 0.25) is 0 Å². The Morgan fingerprint density at radius 2 is 2.04 bits per heavy atom. The van der Waals surface area contributed by atoms with Gasteiger partial charge >= 0.3 is 0 Å². The van der Waals surface area contributed by atoms with Gasteiger partial charge in [0, 0.05) is 5.56 Å². The van der Waals surface area contributed by atoms with E-state index < -0.39 is 0 Å². The quantitative estimate of drug-likeness (QED) is 0.606. The lowest BCUT2D eigenvalue weighted by Crippen LogP contribution is -2.20. The molecule has 0 saturated heterocycles. The third-order valence-corrected chi connectivity index (χ3v) is 4.20. The van der Waals surface area contributed by atoms with Crippen LogP contribution in [0.25, 0.3) is 5.88 Å².